The smallest absolute Gasteiger partial charge is 0.0957 e. The predicted molar refractivity (Wildman–Crippen MR) is 68.5 cm³/mol. The molecule has 16 heavy (non-hydrogen) atoms. The second-order valence-corrected chi connectivity index (χ2v) is 3.88. The average molecular weight is 211 g/mol. The zero-order valence-electron chi connectivity index (χ0n) is 8.93. The van der Waals surface area contributed by atoms with Gasteiger partial charge in [-0.25, -0.2) is 4.99 Å². The molecule has 1 aliphatic rings. The third-order valence-corrected chi connectivity index (χ3v) is 2.88. The lowest BCUT2D eigenvalue weighted by molar-refractivity contribution is 0.951. The highest BCUT2D eigenvalue weighted by atomic mass is 15.2. The van der Waals surface area contributed by atoms with E-state index in [-0.39, 0.29) is 0 Å². The largest absolute Gasteiger partial charge is 0.331 e. The van der Waals surface area contributed by atoms with Gasteiger partial charge in [-0.15, -0.1) is 0 Å². The number of hydrogen-bond donors (Lipinski definition) is 1. The summed E-state index contributed by atoms with van der Waals surface area (Å²) >= 11 is 0. The minimum absolute atomic E-state index is 0.630. The number of rotatable bonds is 2. The maximum Gasteiger partial charge on any atom is 0.0957 e. The molecule has 3 heteroatoms. The van der Waals surface area contributed by atoms with Gasteiger partial charge in [0.2, 0.25) is 0 Å². The Balaban J connectivity index is 2.27. The lowest BCUT2D eigenvalue weighted by Crippen LogP contribution is -2.29. The van der Waals surface area contributed by atoms with Gasteiger partial charge in [-0.1, -0.05) is 24.3 Å². The molecule has 0 aromatic heterocycles. The maximum absolute atomic E-state index is 5.60. The first-order valence-electron chi connectivity index (χ1n) is 5.43. The molecule has 2 aromatic carbocycles. The second-order valence-electron chi connectivity index (χ2n) is 3.88. The number of aliphatic imine (C=N–C) groups is 1. The Morgan fingerprint density at radius 1 is 1.12 bits per heavy atom. The molecule has 0 saturated heterocycles. The Kier molecular flexibility index (Phi) is 2.11. The van der Waals surface area contributed by atoms with Crippen molar-refractivity contribution in [3.63, 3.8) is 0 Å². The van der Waals surface area contributed by atoms with Gasteiger partial charge in [0.1, 0.15) is 0 Å². The van der Waals surface area contributed by atoms with Crippen molar-refractivity contribution in [2.45, 2.75) is 0 Å². The van der Waals surface area contributed by atoms with E-state index < -0.39 is 0 Å². The Hall–Kier alpha value is -1.87. The monoisotopic (exact) mass is 211 g/mol. The Labute approximate surface area is 94.2 Å². The highest BCUT2D eigenvalue weighted by Gasteiger charge is 2.14. The number of benzene rings is 2. The molecule has 0 saturated carbocycles. The molecule has 3 rings (SSSR count). The quantitative estimate of drug-likeness (QED) is 0.828. The van der Waals surface area contributed by atoms with Crippen LogP contribution >= 0.6 is 0 Å². The van der Waals surface area contributed by atoms with Crippen LogP contribution in [-0.4, -0.2) is 19.4 Å². The van der Waals surface area contributed by atoms with E-state index in [1.807, 2.05) is 18.5 Å². The minimum atomic E-state index is 0.630. The summed E-state index contributed by atoms with van der Waals surface area (Å²) in [6.07, 6.45) is 1.87. The lowest BCUT2D eigenvalue weighted by atomic mass is 10.1. The summed E-state index contributed by atoms with van der Waals surface area (Å²) in [7, 11) is 0. The van der Waals surface area contributed by atoms with Crippen LogP contribution in [0.4, 0.5) is 11.4 Å². The zero-order chi connectivity index (χ0) is 11.0. The van der Waals surface area contributed by atoms with Crippen molar-refractivity contribution < 1.29 is 0 Å². The molecule has 1 heterocycles. The Morgan fingerprint density at radius 2 is 1.94 bits per heavy atom. The summed E-state index contributed by atoms with van der Waals surface area (Å²) in [6.45, 7) is 1.43. The molecule has 0 atom stereocenters. The molecule has 3 nitrogen and oxygen atoms in total. The van der Waals surface area contributed by atoms with E-state index in [0.29, 0.717) is 6.54 Å². The molecule has 2 N–H and O–H groups in total. The van der Waals surface area contributed by atoms with Crippen LogP contribution < -0.4 is 10.6 Å². The van der Waals surface area contributed by atoms with Gasteiger partial charge in [0, 0.05) is 18.5 Å². The maximum atomic E-state index is 5.60. The predicted octanol–water partition coefficient (Wildman–Crippen LogP) is 2.28. The van der Waals surface area contributed by atoms with Gasteiger partial charge in [0.05, 0.1) is 17.7 Å². The molecule has 0 radical (unpaired) electrons. The van der Waals surface area contributed by atoms with Crippen LogP contribution in [-0.2, 0) is 0 Å². The summed E-state index contributed by atoms with van der Waals surface area (Å²) < 4.78 is 0. The standard InChI is InChI=1S/C13H13N3/c14-7-8-16-9-15-11-5-1-3-10-4-2-6-12(16)13(10)11/h1-6,9H,7-8,14H2. The fourth-order valence-corrected chi connectivity index (χ4v) is 2.16. The fourth-order valence-electron chi connectivity index (χ4n) is 2.16. The van der Waals surface area contributed by atoms with Crippen molar-refractivity contribution in [3.05, 3.63) is 36.4 Å². The highest BCUT2D eigenvalue weighted by molar-refractivity contribution is 6.09. The average Bonchev–Trinajstić information content (AvgIpc) is 2.33. The van der Waals surface area contributed by atoms with Crippen molar-refractivity contribution in [2.75, 3.05) is 18.0 Å². The van der Waals surface area contributed by atoms with Crippen molar-refractivity contribution >= 4 is 28.5 Å². The summed E-state index contributed by atoms with van der Waals surface area (Å²) in [4.78, 5) is 6.56. The van der Waals surface area contributed by atoms with Crippen LogP contribution in [0.1, 0.15) is 0 Å². The molecule has 2 aromatic rings. The first kappa shape index (κ1) is 9.36. The van der Waals surface area contributed by atoms with E-state index in [1.165, 1.54) is 16.5 Å². The number of anilines is 1. The number of hydrogen-bond acceptors (Lipinski definition) is 3. The van der Waals surface area contributed by atoms with Crippen molar-refractivity contribution in [1.82, 2.24) is 0 Å². The lowest BCUT2D eigenvalue weighted by Gasteiger charge is -2.24. The van der Waals surface area contributed by atoms with Crippen LogP contribution in [0.15, 0.2) is 41.4 Å². The first-order chi connectivity index (χ1) is 7.90. The molecule has 0 fully saturated rings. The van der Waals surface area contributed by atoms with E-state index in [0.717, 1.165) is 12.2 Å². The van der Waals surface area contributed by atoms with Crippen LogP contribution in [0.3, 0.4) is 0 Å². The molecule has 0 aliphatic carbocycles. The summed E-state index contributed by atoms with van der Waals surface area (Å²) in [5, 5.41) is 2.45. The van der Waals surface area contributed by atoms with E-state index in [4.69, 9.17) is 5.73 Å². The Morgan fingerprint density at radius 3 is 2.75 bits per heavy atom. The van der Waals surface area contributed by atoms with Crippen LogP contribution in [0, 0.1) is 0 Å². The molecular weight excluding hydrogens is 198 g/mol. The van der Waals surface area contributed by atoms with E-state index in [2.05, 4.69) is 34.2 Å². The Bertz CT molecular complexity index is 555. The minimum Gasteiger partial charge on any atom is -0.331 e. The molecule has 0 amide bonds. The molecule has 0 unspecified atom stereocenters. The SMILES string of the molecule is NCCN1C=Nc2cccc3cccc1c23. The zero-order valence-corrected chi connectivity index (χ0v) is 8.93. The number of nitrogens with zero attached hydrogens (tertiary/aromatic N) is 2. The van der Waals surface area contributed by atoms with Gasteiger partial charge in [-0.05, 0) is 17.5 Å². The van der Waals surface area contributed by atoms with Gasteiger partial charge in [-0.2, -0.15) is 0 Å². The molecule has 0 bridgehead atoms. The molecule has 1 aliphatic heterocycles. The molecular formula is C13H13N3. The topological polar surface area (TPSA) is 41.6 Å². The normalized spacial score (nSPS) is 13.4. The second kappa shape index (κ2) is 3.61. The third-order valence-electron chi connectivity index (χ3n) is 2.88. The van der Waals surface area contributed by atoms with E-state index in [1.54, 1.807) is 0 Å². The van der Waals surface area contributed by atoms with Crippen molar-refractivity contribution in [3.8, 4) is 0 Å². The summed E-state index contributed by atoms with van der Waals surface area (Å²) in [6, 6.07) is 12.5. The molecule has 80 valence electrons. The van der Waals surface area contributed by atoms with E-state index in [9.17, 15) is 0 Å². The first-order valence-corrected chi connectivity index (χ1v) is 5.43. The van der Waals surface area contributed by atoms with Gasteiger partial charge in [0.15, 0.2) is 0 Å². The number of nitrogens with two attached hydrogens (primary N) is 1. The summed E-state index contributed by atoms with van der Waals surface area (Å²) in [5.74, 6) is 0. The summed E-state index contributed by atoms with van der Waals surface area (Å²) in [5.41, 5.74) is 7.85. The van der Waals surface area contributed by atoms with Crippen molar-refractivity contribution in [1.29, 1.82) is 0 Å². The van der Waals surface area contributed by atoms with Crippen LogP contribution in [0.2, 0.25) is 0 Å². The van der Waals surface area contributed by atoms with Gasteiger partial charge < -0.3 is 10.6 Å². The van der Waals surface area contributed by atoms with Gasteiger partial charge in [-0.3, -0.25) is 0 Å². The van der Waals surface area contributed by atoms with Crippen molar-refractivity contribution in [2.24, 2.45) is 10.7 Å². The highest BCUT2D eigenvalue weighted by Crippen LogP contribution is 2.36. The third kappa shape index (κ3) is 1.29. The van der Waals surface area contributed by atoms with Gasteiger partial charge >= 0.3 is 0 Å². The van der Waals surface area contributed by atoms with Crippen LogP contribution in [0.25, 0.3) is 10.8 Å². The van der Waals surface area contributed by atoms with Crippen LogP contribution in [0.5, 0.6) is 0 Å². The molecule has 0 spiro atoms. The fraction of sp³-hybridized carbons (Fsp3) is 0.154. The van der Waals surface area contributed by atoms with Gasteiger partial charge in [0.25, 0.3) is 0 Å². The van der Waals surface area contributed by atoms with E-state index >= 15 is 0 Å².